The molecule has 0 bridgehead atoms. The molecule has 0 atom stereocenters. The van der Waals surface area contributed by atoms with Gasteiger partial charge in [-0.25, -0.2) is 4.39 Å². The maximum absolute atomic E-state index is 12.3. The fraction of sp³-hybridized carbons (Fsp3) is 0.652. The van der Waals surface area contributed by atoms with Gasteiger partial charge in [0.25, 0.3) is 0 Å². The van der Waals surface area contributed by atoms with E-state index in [0.29, 0.717) is 5.92 Å². The average molecular weight is 345 g/mol. The lowest BCUT2D eigenvalue weighted by Crippen LogP contribution is -2.25. The molecule has 0 aromatic heterocycles. The van der Waals surface area contributed by atoms with Gasteiger partial charge in [-0.05, 0) is 99.2 Å². The molecule has 1 nitrogen and oxygen atoms in total. The van der Waals surface area contributed by atoms with E-state index in [2.05, 4.69) is 31.2 Å². The maximum Gasteiger partial charge on any atom is 0.119 e. The van der Waals surface area contributed by atoms with E-state index in [4.69, 9.17) is 4.74 Å². The summed E-state index contributed by atoms with van der Waals surface area (Å²) in [6.07, 6.45) is 13.9. The topological polar surface area (TPSA) is 9.23 Å². The molecule has 0 heterocycles. The van der Waals surface area contributed by atoms with Gasteiger partial charge in [-0.1, -0.05) is 25.1 Å². The predicted molar refractivity (Wildman–Crippen MR) is 103 cm³/mol. The number of ether oxygens (including phenoxy) is 1. The molecule has 0 saturated heterocycles. The Labute approximate surface area is 152 Å². The van der Waals surface area contributed by atoms with Crippen molar-refractivity contribution in [2.75, 3.05) is 6.61 Å². The van der Waals surface area contributed by atoms with Crippen LogP contribution in [0.2, 0.25) is 0 Å². The Bertz CT molecular complexity index is 520. The SMILES string of the molecule is CCCOc1ccc([C@H]2CC[C@H]([C@H]3CC[C@H](C=CF)CC3)CC2)cc1. The van der Waals surface area contributed by atoms with Crippen molar-refractivity contribution >= 4 is 0 Å². The fourth-order valence-electron chi connectivity index (χ4n) is 4.89. The van der Waals surface area contributed by atoms with E-state index >= 15 is 0 Å². The first kappa shape index (κ1) is 18.5. The minimum atomic E-state index is 0.492. The third-order valence-corrected chi connectivity index (χ3v) is 6.42. The summed E-state index contributed by atoms with van der Waals surface area (Å²) in [7, 11) is 0. The van der Waals surface area contributed by atoms with Gasteiger partial charge in [0.1, 0.15) is 5.75 Å². The average Bonchev–Trinajstić information content (AvgIpc) is 2.68. The van der Waals surface area contributed by atoms with Crippen molar-refractivity contribution in [2.45, 2.75) is 70.6 Å². The van der Waals surface area contributed by atoms with Crippen LogP contribution in [0.1, 0.15) is 76.2 Å². The molecule has 3 rings (SSSR count). The minimum Gasteiger partial charge on any atom is -0.494 e. The van der Waals surface area contributed by atoms with Crippen molar-refractivity contribution < 1.29 is 9.13 Å². The van der Waals surface area contributed by atoms with Crippen LogP contribution in [0.5, 0.6) is 5.75 Å². The zero-order chi connectivity index (χ0) is 17.5. The van der Waals surface area contributed by atoms with Crippen molar-refractivity contribution in [3.8, 4) is 5.75 Å². The number of rotatable bonds is 6. The molecule has 2 aliphatic rings. The number of hydrogen-bond donors (Lipinski definition) is 0. The zero-order valence-electron chi connectivity index (χ0n) is 15.6. The van der Waals surface area contributed by atoms with E-state index < -0.39 is 0 Å². The van der Waals surface area contributed by atoms with Crippen molar-refractivity contribution in [1.29, 1.82) is 0 Å². The Morgan fingerprint density at radius 3 is 2.08 bits per heavy atom. The summed E-state index contributed by atoms with van der Waals surface area (Å²) in [6, 6.07) is 8.81. The molecule has 0 N–H and O–H groups in total. The van der Waals surface area contributed by atoms with E-state index in [-0.39, 0.29) is 0 Å². The van der Waals surface area contributed by atoms with Gasteiger partial charge >= 0.3 is 0 Å². The number of allylic oxidation sites excluding steroid dienone is 1. The first-order chi connectivity index (χ1) is 12.3. The van der Waals surface area contributed by atoms with E-state index in [1.807, 2.05) is 0 Å². The van der Waals surface area contributed by atoms with Gasteiger partial charge in [0, 0.05) is 0 Å². The lowest BCUT2D eigenvalue weighted by molar-refractivity contribution is 0.171. The Hall–Kier alpha value is -1.31. The van der Waals surface area contributed by atoms with Gasteiger partial charge in [0.05, 0.1) is 12.9 Å². The Morgan fingerprint density at radius 1 is 0.920 bits per heavy atom. The number of halogens is 1. The summed E-state index contributed by atoms with van der Waals surface area (Å²) < 4.78 is 18.0. The van der Waals surface area contributed by atoms with Gasteiger partial charge in [0.15, 0.2) is 0 Å². The summed E-state index contributed by atoms with van der Waals surface area (Å²) in [6.45, 7) is 2.94. The monoisotopic (exact) mass is 344 g/mol. The van der Waals surface area contributed by atoms with Gasteiger partial charge in [0.2, 0.25) is 0 Å². The fourth-order valence-corrected chi connectivity index (χ4v) is 4.89. The van der Waals surface area contributed by atoms with Crippen molar-refractivity contribution in [1.82, 2.24) is 0 Å². The molecular weight excluding hydrogens is 311 g/mol. The molecule has 0 radical (unpaired) electrons. The highest BCUT2D eigenvalue weighted by Crippen LogP contribution is 2.44. The van der Waals surface area contributed by atoms with Crippen molar-refractivity contribution in [3.63, 3.8) is 0 Å². The van der Waals surface area contributed by atoms with E-state index in [1.165, 1.54) is 56.9 Å². The highest BCUT2D eigenvalue weighted by atomic mass is 19.1. The van der Waals surface area contributed by atoms with Crippen LogP contribution in [-0.2, 0) is 0 Å². The first-order valence-corrected chi connectivity index (χ1v) is 10.3. The number of hydrogen-bond acceptors (Lipinski definition) is 1. The molecular formula is C23H33FO. The van der Waals surface area contributed by atoms with E-state index in [1.54, 1.807) is 6.08 Å². The third-order valence-electron chi connectivity index (χ3n) is 6.42. The summed E-state index contributed by atoms with van der Waals surface area (Å²) >= 11 is 0. The highest BCUT2D eigenvalue weighted by molar-refractivity contribution is 5.29. The highest BCUT2D eigenvalue weighted by Gasteiger charge is 2.30. The first-order valence-electron chi connectivity index (χ1n) is 10.3. The van der Waals surface area contributed by atoms with Gasteiger partial charge < -0.3 is 4.74 Å². The second kappa shape index (κ2) is 9.40. The van der Waals surface area contributed by atoms with Crippen LogP contribution < -0.4 is 4.74 Å². The largest absolute Gasteiger partial charge is 0.494 e. The molecule has 2 fully saturated rings. The van der Waals surface area contributed by atoms with Crippen LogP contribution >= 0.6 is 0 Å². The third kappa shape index (κ3) is 5.09. The van der Waals surface area contributed by atoms with Crippen molar-refractivity contribution in [3.05, 3.63) is 42.2 Å². The second-order valence-corrected chi connectivity index (χ2v) is 8.02. The lowest BCUT2D eigenvalue weighted by atomic mass is 9.68. The molecule has 2 heteroatoms. The minimum absolute atomic E-state index is 0.492. The van der Waals surface area contributed by atoms with Gasteiger partial charge in [-0.2, -0.15) is 0 Å². The van der Waals surface area contributed by atoms with Crippen LogP contribution in [0.4, 0.5) is 4.39 Å². The molecule has 25 heavy (non-hydrogen) atoms. The molecule has 2 saturated carbocycles. The standard InChI is InChI=1S/C23H33FO/c1-2-17-25-23-13-11-22(12-14-23)21-9-7-20(8-10-21)19-5-3-18(4-6-19)15-16-24/h11-16,18-21H,2-10,17H2,1H3/t18-,19-,20-,21-. The normalized spacial score (nSPS) is 30.5. The van der Waals surface area contributed by atoms with Crippen LogP contribution in [0.15, 0.2) is 36.7 Å². The number of benzene rings is 1. The van der Waals surface area contributed by atoms with E-state index in [9.17, 15) is 4.39 Å². The Balaban J connectivity index is 1.45. The zero-order valence-corrected chi connectivity index (χ0v) is 15.6. The molecule has 1 aromatic rings. The van der Waals surface area contributed by atoms with Crippen LogP contribution in [0.25, 0.3) is 0 Å². The molecule has 2 aliphatic carbocycles. The van der Waals surface area contributed by atoms with E-state index in [0.717, 1.165) is 42.9 Å². The molecule has 138 valence electrons. The second-order valence-electron chi connectivity index (χ2n) is 8.02. The quantitative estimate of drug-likeness (QED) is 0.538. The summed E-state index contributed by atoms with van der Waals surface area (Å²) in [5, 5.41) is 0. The molecule has 0 spiro atoms. The predicted octanol–water partition coefficient (Wildman–Crippen LogP) is 7.04. The maximum atomic E-state index is 12.3. The summed E-state index contributed by atoms with van der Waals surface area (Å²) in [5.41, 5.74) is 1.49. The molecule has 1 aromatic carbocycles. The smallest absolute Gasteiger partial charge is 0.119 e. The Kier molecular flexibility index (Phi) is 6.95. The van der Waals surface area contributed by atoms with Crippen molar-refractivity contribution in [2.24, 2.45) is 17.8 Å². The van der Waals surface area contributed by atoms with Crippen LogP contribution in [0, 0.1) is 17.8 Å². The van der Waals surface area contributed by atoms with Gasteiger partial charge in [-0.3, -0.25) is 0 Å². The van der Waals surface area contributed by atoms with Gasteiger partial charge in [-0.15, -0.1) is 0 Å². The summed E-state index contributed by atoms with van der Waals surface area (Å²) in [4.78, 5) is 0. The summed E-state index contributed by atoms with van der Waals surface area (Å²) in [5.74, 6) is 4.00. The lowest BCUT2D eigenvalue weighted by Gasteiger charge is -2.37. The van der Waals surface area contributed by atoms with Crippen LogP contribution in [-0.4, -0.2) is 6.61 Å². The molecule has 0 amide bonds. The molecule has 0 unspecified atom stereocenters. The Morgan fingerprint density at radius 2 is 1.52 bits per heavy atom. The molecule has 0 aliphatic heterocycles. The van der Waals surface area contributed by atoms with Crippen LogP contribution in [0.3, 0.4) is 0 Å².